The fraction of sp³-hybridized carbons (Fsp3) is 0.286. The van der Waals surface area contributed by atoms with Crippen molar-refractivity contribution in [1.82, 2.24) is 10.2 Å². The van der Waals surface area contributed by atoms with Crippen molar-refractivity contribution in [2.24, 2.45) is 5.92 Å². The molecule has 7 heteroatoms. The van der Waals surface area contributed by atoms with Crippen LogP contribution in [0.15, 0.2) is 78.9 Å². The van der Waals surface area contributed by atoms with E-state index in [0.29, 0.717) is 28.3 Å². The third kappa shape index (κ3) is 8.01. The van der Waals surface area contributed by atoms with Gasteiger partial charge in [-0.25, -0.2) is 0 Å². The molecule has 0 aromatic heterocycles. The van der Waals surface area contributed by atoms with Gasteiger partial charge in [0.25, 0.3) is 5.91 Å². The van der Waals surface area contributed by atoms with Gasteiger partial charge in [-0.05, 0) is 47.7 Å². The predicted octanol–water partition coefficient (Wildman–Crippen LogP) is 6.30. The Morgan fingerprint density at radius 2 is 1.57 bits per heavy atom. The minimum atomic E-state index is -0.832. The van der Waals surface area contributed by atoms with Crippen molar-refractivity contribution in [2.75, 3.05) is 13.2 Å². The normalized spacial score (nSPS) is 11.7. The van der Waals surface area contributed by atoms with E-state index in [9.17, 15) is 9.59 Å². The Morgan fingerprint density at radius 1 is 0.914 bits per heavy atom. The van der Waals surface area contributed by atoms with Crippen LogP contribution < -0.4 is 10.1 Å². The Hall–Kier alpha value is -3.02. The second-order valence-corrected chi connectivity index (χ2v) is 9.50. The summed E-state index contributed by atoms with van der Waals surface area (Å²) in [5.74, 6) is 0.276. The molecule has 0 fully saturated rings. The molecule has 0 heterocycles. The molecular weight excluding hydrogens is 483 g/mol. The summed E-state index contributed by atoms with van der Waals surface area (Å²) in [5.41, 5.74) is 1.56. The molecule has 3 aromatic carbocycles. The molecule has 35 heavy (non-hydrogen) atoms. The summed E-state index contributed by atoms with van der Waals surface area (Å²) in [6.45, 7) is 4.67. The van der Waals surface area contributed by atoms with Crippen molar-refractivity contribution in [1.29, 1.82) is 0 Å². The summed E-state index contributed by atoms with van der Waals surface area (Å²) in [6, 6.07) is 22.6. The van der Waals surface area contributed by atoms with E-state index in [1.165, 1.54) is 0 Å². The Balaban J connectivity index is 1.91. The summed E-state index contributed by atoms with van der Waals surface area (Å²) < 4.78 is 5.74. The molecule has 0 aliphatic carbocycles. The van der Waals surface area contributed by atoms with Crippen molar-refractivity contribution >= 4 is 35.0 Å². The van der Waals surface area contributed by atoms with E-state index < -0.39 is 6.04 Å². The molecule has 0 aliphatic rings. The van der Waals surface area contributed by atoms with E-state index in [1.807, 2.05) is 42.5 Å². The molecular formula is C28H30Cl2N2O3. The Morgan fingerprint density at radius 3 is 2.23 bits per heavy atom. The van der Waals surface area contributed by atoms with Gasteiger partial charge < -0.3 is 15.0 Å². The van der Waals surface area contributed by atoms with Crippen LogP contribution in [0.2, 0.25) is 10.0 Å². The molecule has 1 atom stereocenters. The molecule has 3 aromatic rings. The quantitative estimate of drug-likeness (QED) is 0.327. The number of para-hydroxylation sites is 1. The fourth-order valence-corrected chi connectivity index (χ4v) is 3.90. The van der Waals surface area contributed by atoms with Crippen LogP contribution in [-0.2, 0) is 16.1 Å². The number of amides is 2. The Kier molecular flexibility index (Phi) is 10.0. The molecule has 0 aliphatic heterocycles. The van der Waals surface area contributed by atoms with Gasteiger partial charge in [0.2, 0.25) is 5.91 Å². The number of hydrogen-bond acceptors (Lipinski definition) is 3. The maximum absolute atomic E-state index is 13.6. The Labute approximate surface area is 217 Å². The number of rotatable bonds is 11. The first-order valence-electron chi connectivity index (χ1n) is 11.6. The van der Waals surface area contributed by atoms with Crippen molar-refractivity contribution in [3.8, 4) is 5.75 Å². The van der Waals surface area contributed by atoms with Crippen molar-refractivity contribution in [3.63, 3.8) is 0 Å². The summed E-state index contributed by atoms with van der Waals surface area (Å²) in [5, 5.41) is 4.02. The summed E-state index contributed by atoms with van der Waals surface area (Å²) in [7, 11) is 0. The highest BCUT2D eigenvalue weighted by molar-refractivity contribution is 6.32. The van der Waals surface area contributed by atoms with Crippen LogP contribution in [0.3, 0.4) is 0 Å². The van der Waals surface area contributed by atoms with E-state index in [4.69, 9.17) is 27.9 Å². The first-order valence-corrected chi connectivity index (χ1v) is 12.3. The van der Waals surface area contributed by atoms with E-state index >= 15 is 0 Å². The standard InChI is InChI=1S/C28H30Cl2N2O3/c1-20(2)16-17-31-28(34)27(22-8-4-3-5-9-22)32(18-21-12-14-23(29)15-13-21)26(33)19-35-25-11-7-6-10-24(25)30/h3-15,20,27H,16-19H2,1-2H3,(H,31,34). The fourth-order valence-electron chi connectivity index (χ4n) is 3.58. The van der Waals surface area contributed by atoms with E-state index in [0.717, 1.165) is 17.5 Å². The SMILES string of the molecule is CC(C)CCNC(=O)C(c1ccccc1)N(Cc1ccc(Cl)cc1)C(=O)COc1ccccc1Cl. The lowest BCUT2D eigenvalue weighted by molar-refractivity contribution is -0.143. The number of carbonyl (C=O) groups is 2. The number of hydrogen-bond donors (Lipinski definition) is 1. The zero-order valence-corrected chi connectivity index (χ0v) is 21.4. The number of ether oxygens (including phenoxy) is 1. The second kappa shape index (κ2) is 13.2. The highest BCUT2D eigenvalue weighted by Crippen LogP contribution is 2.26. The average molecular weight is 513 g/mol. The number of carbonyl (C=O) groups excluding carboxylic acids is 2. The number of nitrogens with zero attached hydrogens (tertiary/aromatic N) is 1. The van der Waals surface area contributed by atoms with Crippen LogP contribution in [0, 0.1) is 5.92 Å². The van der Waals surface area contributed by atoms with Gasteiger partial charge in [-0.3, -0.25) is 9.59 Å². The molecule has 184 valence electrons. The third-order valence-corrected chi connectivity index (χ3v) is 6.03. The third-order valence-electron chi connectivity index (χ3n) is 5.47. The smallest absolute Gasteiger partial charge is 0.261 e. The van der Waals surface area contributed by atoms with Gasteiger partial charge in [-0.1, -0.05) is 91.6 Å². The summed E-state index contributed by atoms with van der Waals surface area (Å²) in [6.07, 6.45) is 0.841. The Bertz CT molecular complexity index is 1100. The van der Waals surface area contributed by atoms with Crippen LogP contribution >= 0.6 is 23.2 Å². The van der Waals surface area contributed by atoms with Crippen LogP contribution in [0.4, 0.5) is 0 Å². The van der Waals surface area contributed by atoms with Crippen molar-refractivity contribution < 1.29 is 14.3 Å². The van der Waals surface area contributed by atoms with Crippen LogP contribution in [0.1, 0.15) is 37.4 Å². The van der Waals surface area contributed by atoms with Gasteiger partial charge in [-0.15, -0.1) is 0 Å². The van der Waals surface area contributed by atoms with Gasteiger partial charge in [-0.2, -0.15) is 0 Å². The van der Waals surface area contributed by atoms with E-state index in [2.05, 4.69) is 19.2 Å². The highest BCUT2D eigenvalue weighted by atomic mass is 35.5. The zero-order chi connectivity index (χ0) is 25.2. The second-order valence-electron chi connectivity index (χ2n) is 8.65. The summed E-state index contributed by atoms with van der Waals surface area (Å²) >= 11 is 12.3. The van der Waals surface area contributed by atoms with E-state index in [1.54, 1.807) is 41.3 Å². The van der Waals surface area contributed by atoms with Crippen LogP contribution in [-0.4, -0.2) is 29.9 Å². The minimum Gasteiger partial charge on any atom is -0.482 e. The number of halogens is 2. The van der Waals surface area contributed by atoms with Crippen molar-refractivity contribution in [2.45, 2.75) is 32.9 Å². The molecule has 2 amide bonds. The monoisotopic (exact) mass is 512 g/mol. The first-order chi connectivity index (χ1) is 16.8. The van der Waals surface area contributed by atoms with Gasteiger partial charge in [0, 0.05) is 18.1 Å². The van der Waals surface area contributed by atoms with Crippen LogP contribution in [0.5, 0.6) is 5.75 Å². The van der Waals surface area contributed by atoms with Crippen molar-refractivity contribution in [3.05, 3.63) is 100 Å². The highest BCUT2D eigenvalue weighted by Gasteiger charge is 2.31. The molecule has 5 nitrogen and oxygen atoms in total. The largest absolute Gasteiger partial charge is 0.482 e. The molecule has 1 unspecified atom stereocenters. The first kappa shape index (κ1) is 26.6. The minimum absolute atomic E-state index is 0.207. The molecule has 0 bridgehead atoms. The number of nitrogens with one attached hydrogen (secondary N) is 1. The van der Waals surface area contributed by atoms with Gasteiger partial charge >= 0.3 is 0 Å². The lowest BCUT2D eigenvalue weighted by Crippen LogP contribution is -2.45. The maximum Gasteiger partial charge on any atom is 0.261 e. The topological polar surface area (TPSA) is 58.6 Å². The predicted molar refractivity (Wildman–Crippen MR) is 141 cm³/mol. The van der Waals surface area contributed by atoms with E-state index in [-0.39, 0.29) is 25.0 Å². The van der Waals surface area contributed by atoms with Gasteiger partial charge in [0.1, 0.15) is 11.8 Å². The average Bonchev–Trinajstić information content (AvgIpc) is 2.84. The lowest BCUT2D eigenvalue weighted by atomic mass is 10.0. The van der Waals surface area contributed by atoms with Crippen LogP contribution in [0.25, 0.3) is 0 Å². The maximum atomic E-state index is 13.6. The summed E-state index contributed by atoms with van der Waals surface area (Å²) in [4.78, 5) is 28.5. The molecule has 0 radical (unpaired) electrons. The molecule has 3 rings (SSSR count). The molecule has 0 saturated heterocycles. The zero-order valence-electron chi connectivity index (χ0n) is 19.9. The molecule has 1 N–H and O–H groups in total. The molecule has 0 saturated carbocycles. The number of benzene rings is 3. The lowest BCUT2D eigenvalue weighted by Gasteiger charge is -2.31. The van der Waals surface area contributed by atoms with Gasteiger partial charge in [0.15, 0.2) is 6.61 Å². The molecule has 0 spiro atoms. The van der Waals surface area contributed by atoms with Gasteiger partial charge in [0.05, 0.1) is 5.02 Å².